The average molecular weight is 300 g/mol. The predicted molar refractivity (Wildman–Crippen MR) is 73.5 cm³/mol. The lowest BCUT2D eigenvalue weighted by Gasteiger charge is -2.29. The molecule has 3 nitrogen and oxygen atoms in total. The van der Waals surface area contributed by atoms with Crippen LogP contribution in [0.4, 0.5) is 13.2 Å². The van der Waals surface area contributed by atoms with E-state index in [0.717, 1.165) is 25.5 Å². The molecule has 116 valence electrons. The number of carbonyl (C=O) groups is 1. The molecule has 21 heavy (non-hydrogen) atoms. The van der Waals surface area contributed by atoms with E-state index in [4.69, 9.17) is 0 Å². The summed E-state index contributed by atoms with van der Waals surface area (Å²) in [4.78, 5) is 12.1. The van der Waals surface area contributed by atoms with Crippen LogP contribution in [-0.4, -0.2) is 18.5 Å². The number of hydrogen-bond donors (Lipinski definition) is 2. The average Bonchev–Trinajstić information content (AvgIpc) is 2.44. The number of rotatable bonds is 3. The van der Waals surface area contributed by atoms with Crippen LogP contribution in [0.3, 0.4) is 0 Å². The molecule has 2 unspecified atom stereocenters. The molecule has 0 aliphatic carbocycles. The van der Waals surface area contributed by atoms with Gasteiger partial charge in [-0.15, -0.1) is 0 Å². The Kier molecular flexibility index (Phi) is 4.88. The molecule has 2 N–H and O–H groups in total. The lowest BCUT2D eigenvalue weighted by Crippen LogP contribution is -2.50. The van der Waals surface area contributed by atoms with Gasteiger partial charge in [0.1, 0.15) is 0 Å². The molecule has 2 rings (SSSR count). The third-order valence-electron chi connectivity index (χ3n) is 3.83. The Morgan fingerprint density at radius 3 is 2.76 bits per heavy atom. The molecule has 0 spiro atoms. The third-order valence-corrected chi connectivity index (χ3v) is 3.83. The Hall–Kier alpha value is -1.56. The molecule has 0 bridgehead atoms. The van der Waals surface area contributed by atoms with E-state index in [1.807, 2.05) is 6.92 Å². The molecule has 6 heteroatoms. The minimum Gasteiger partial charge on any atom is -0.351 e. The largest absolute Gasteiger partial charge is 0.416 e. The van der Waals surface area contributed by atoms with Crippen molar-refractivity contribution in [2.45, 2.75) is 38.5 Å². The van der Waals surface area contributed by atoms with Gasteiger partial charge in [0.2, 0.25) is 5.91 Å². The first-order valence-electron chi connectivity index (χ1n) is 7.06. The summed E-state index contributed by atoms with van der Waals surface area (Å²) < 4.78 is 38.6. The van der Waals surface area contributed by atoms with Crippen molar-refractivity contribution in [2.24, 2.45) is 5.92 Å². The number of amides is 1. The van der Waals surface area contributed by atoms with E-state index >= 15 is 0 Å². The maximum atomic E-state index is 12.9. The fourth-order valence-corrected chi connectivity index (χ4v) is 2.64. The molecular weight excluding hydrogens is 281 g/mol. The van der Waals surface area contributed by atoms with E-state index in [1.54, 1.807) is 0 Å². The molecule has 0 saturated carbocycles. The van der Waals surface area contributed by atoms with Gasteiger partial charge in [-0.2, -0.15) is 13.2 Å². The summed E-state index contributed by atoms with van der Waals surface area (Å²) in [5.74, 6) is -0.0456. The predicted octanol–water partition coefficient (Wildman–Crippen LogP) is 2.71. The normalized spacial score (nSPS) is 22.9. The van der Waals surface area contributed by atoms with E-state index in [-0.39, 0.29) is 30.0 Å². The molecule has 1 aliphatic rings. The molecule has 1 aliphatic heterocycles. The highest BCUT2D eigenvalue weighted by Gasteiger charge is 2.33. The van der Waals surface area contributed by atoms with E-state index in [1.165, 1.54) is 18.2 Å². The van der Waals surface area contributed by atoms with Crippen LogP contribution in [0.1, 0.15) is 30.9 Å². The van der Waals surface area contributed by atoms with Crippen LogP contribution in [0.15, 0.2) is 24.3 Å². The van der Waals surface area contributed by atoms with Crippen molar-refractivity contribution < 1.29 is 18.0 Å². The Morgan fingerprint density at radius 2 is 2.10 bits per heavy atom. The number of piperidine rings is 1. The molecule has 1 amide bonds. The molecule has 0 radical (unpaired) electrons. The Balaban J connectivity index is 2.01. The van der Waals surface area contributed by atoms with Crippen molar-refractivity contribution in [3.63, 3.8) is 0 Å². The maximum Gasteiger partial charge on any atom is 0.416 e. The first-order chi connectivity index (χ1) is 9.89. The van der Waals surface area contributed by atoms with Crippen LogP contribution in [-0.2, 0) is 17.5 Å². The van der Waals surface area contributed by atoms with Crippen LogP contribution in [0.5, 0.6) is 0 Å². The second kappa shape index (κ2) is 6.47. The quantitative estimate of drug-likeness (QED) is 0.901. The molecule has 2 atom stereocenters. The monoisotopic (exact) mass is 300 g/mol. The second-order valence-corrected chi connectivity index (χ2v) is 5.42. The van der Waals surface area contributed by atoms with Gasteiger partial charge in [-0.25, -0.2) is 0 Å². The molecule has 1 fully saturated rings. The van der Waals surface area contributed by atoms with Crippen LogP contribution in [0.2, 0.25) is 0 Å². The fraction of sp³-hybridized carbons (Fsp3) is 0.533. The number of hydrogen-bond acceptors (Lipinski definition) is 2. The highest BCUT2D eigenvalue weighted by atomic mass is 19.4. The van der Waals surface area contributed by atoms with E-state index < -0.39 is 11.7 Å². The SMILES string of the molecule is CC1CCCNC1C(=O)NCc1ccccc1C(F)(F)F. The lowest BCUT2D eigenvalue weighted by molar-refractivity contribution is -0.138. The van der Waals surface area contributed by atoms with Crippen molar-refractivity contribution in [2.75, 3.05) is 6.54 Å². The van der Waals surface area contributed by atoms with Crippen LogP contribution in [0.25, 0.3) is 0 Å². The van der Waals surface area contributed by atoms with Crippen molar-refractivity contribution in [3.8, 4) is 0 Å². The maximum absolute atomic E-state index is 12.9. The smallest absolute Gasteiger partial charge is 0.351 e. The highest BCUT2D eigenvalue weighted by molar-refractivity contribution is 5.82. The van der Waals surface area contributed by atoms with E-state index in [0.29, 0.717) is 0 Å². The number of carbonyl (C=O) groups excluding carboxylic acids is 1. The third kappa shape index (κ3) is 3.97. The van der Waals surface area contributed by atoms with Crippen molar-refractivity contribution in [1.29, 1.82) is 0 Å². The summed E-state index contributed by atoms with van der Waals surface area (Å²) in [6.45, 7) is 2.63. The second-order valence-electron chi connectivity index (χ2n) is 5.42. The van der Waals surface area contributed by atoms with Gasteiger partial charge in [0.25, 0.3) is 0 Å². The first kappa shape index (κ1) is 15.8. The van der Waals surface area contributed by atoms with Crippen molar-refractivity contribution >= 4 is 5.91 Å². The van der Waals surface area contributed by atoms with Gasteiger partial charge in [-0.3, -0.25) is 4.79 Å². The molecule has 1 heterocycles. The summed E-state index contributed by atoms with van der Waals surface area (Å²) in [6, 6.07) is 4.98. The minimum atomic E-state index is -4.41. The van der Waals surface area contributed by atoms with Gasteiger partial charge in [0, 0.05) is 6.54 Å². The Labute approximate surface area is 121 Å². The lowest BCUT2D eigenvalue weighted by atomic mass is 9.92. The summed E-state index contributed by atoms with van der Waals surface area (Å²) in [5.41, 5.74) is -0.614. The standard InChI is InChI=1S/C15H19F3N2O/c1-10-5-4-8-19-13(10)14(21)20-9-11-6-2-3-7-12(11)15(16,17)18/h2-3,6-7,10,13,19H,4-5,8-9H2,1H3,(H,20,21). The zero-order valence-corrected chi connectivity index (χ0v) is 11.8. The van der Waals surface area contributed by atoms with Crippen molar-refractivity contribution in [3.05, 3.63) is 35.4 Å². The molecule has 1 saturated heterocycles. The summed E-state index contributed by atoms with van der Waals surface area (Å²) in [6.07, 6.45) is -2.44. The molecule has 1 aromatic rings. The Morgan fingerprint density at radius 1 is 1.38 bits per heavy atom. The van der Waals surface area contributed by atoms with Gasteiger partial charge in [-0.05, 0) is 36.9 Å². The van der Waals surface area contributed by atoms with Gasteiger partial charge in [-0.1, -0.05) is 25.1 Å². The summed E-state index contributed by atoms with van der Waals surface area (Å²) in [7, 11) is 0. The zero-order chi connectivity index (χ0) is 15.5. The van der Waals surface area contributed by atoms with Crippen molar-refractivity contribution in [1.82, 2.24) is 10.6 Å². The van der Waals surface area contributed by atoms with Gasteiger partial charge < -0.3 is 10.6 Å². The highest BCUT2D eigenvalue weighted by Crippen LogP contribution is 2.31. The zero-order valence-electron chi connectivity index (χ0n) is 11.8. The first-order valence-corrected chi connectivity index (χ1v) is 7.06. The fourth-order valence-electron chi connectivity index (χ4n) is 2.64. The van der Waals surface area contributed by atoms with Crippen LogP contribution in [0, 0.1) is 5.92 Å². The van der Waals surface area contributed by atoms with Gasteiger partial charge in [0.05, 0.1) is 11.6 Å². The van der Waals surface area contributed by atoms with E-state index in [9.17, 15) is 18.0 Å². The Bertz CT molecular complexity index is 502. The summed E-state index contributed by atoms with van der Waals surface area (Å²) >= 11 is 0. The van der Waals surface area contributed by atoms with Crippen LogP contribution < -0.4 is 10.6 Å². The molecule has 0 aromatic heterocycles. The van der Waals surface area contributed by atoms with Crippen LogP contribution >= 0.6 is 0 Å². The van der Waals surface area contributed by atoms with E-state index in [2.05, 4.69) is 10.6 Å². The minimum absolute atomic E-state index is 0.0850. The molecule has 1 aromatic carbocycles. The number of halogens is 3. The molecular formula is C15H19F3N2O. The number of alkyl halides is 3. The number of nitrogens with one attached hydrogen (secondary N) is 2. The van der Waals surface area contributed by atoms with Gasteiger partial charge in [0.15, 0.2) is 0 Å². The topological polar surface area (TPSA) is 41.1 Å². The number of benzene rings is 1. The summed E-state index contributed by atoms with van der Waals surface area (Å²) in [5, 5.41) is 5.73. The van der Waals surface area contributed by atoms with Gasteiger partial charge >= 0.3 is 6.18 Å².